The molecule has 3 rings (SSSR count). The summed E-state index contributed by atoms with van der Waals surface area (Å²) in [5.41, 5.74) is 9.55. The van der Waals surface area contributed by atoms with E-state index in [-0.39, 0.29) is 17.3 Å². The number of anilines is 1. The van der Waals surface area contributed by atoms with Gasteiger partial charge < -0.3 is 5.73 Å². The number of carbonyl (C=O) groups is 1. The monoisotopic (exact) mass is 417 g/mol. The maximum absolute atomic E-state index is 12.9. The summed E-state index contributed by atoms with van der Waals surface area (Å²) in [6, 6.07) is 7.06. The number of amides is 1. The number of nitrogens with two attached hydrogens (primary N) is 1. The van der Waals surface area contributed by atoms with Crippen molar-refractivity contribution in [2.45, 2.75) is 20.4 Å². The van der Waals surface area contributed by atoms with Gasteiger partial charge in [-0.3, -0.25) is 9.69 Å². The van der Waals surface area contributed by atoms with Gasteiger partial charge in [-0.15, -0.1) is 5.10 Å². The average molecular weight is 418 g/mol. The maximum Gasteiger partial charge on any atom is 0.292 e. The first kappa shape index (κ1) is 20.4. The van der Waals surface area contributed by atoms with Gasteiger partial charge in [0.1, 0.15) is 5.69 Å². The van der Waals surface area contributed by atoms with Gasteiger partial charge in [-0.25, -0.2) is 10.1 Å². The van der Waals surface area contributed by atoms with E-state index in [9.17, 15) is 4.79 Å². The van der Waals surface area contributed by atoms with E-state index in [4.69, 9.17) is 17.3 Å². The smallest absolute Gasteiger partial charge is 0.292 e. The highest BCUT2D eigenvalue weighted by atomic mass is 35.5. The molecule has 11 nitrogen and oxygen atoms in total. The summed E-state index contributed by atoms with van der Waals surface area (Å²) in [7, 11) is 0. The van der Waals surface area contributed by atoms with Crippen LogP contribution in [0.3, 0.4) is 0 Å². The molecule has 0 aliphatic carbocycles. The lowest BCUT2D eigenvalue weighted by Gasteiger charge is -2.16. The number of rotatable bonds is 8. The standard InChI is InChI=1S/C17H20ClN9O2/c1-3-26(4-2)10-13-14(27(25-21-13)16-15(19)23-29-24-16)17(28)22-20-9-11-6-5-7-12(18)8-11/h5-9H,3-4,10H2,1-2H3,(H2,19,23)(H,22,28). The summed E-state index contributed by atoms with van der Waals surface area (Å²) in [5, 5.41) is 19.9. The van der Waals surface area contributed by atoms with Gasteiger partial charge >= 0.3 is 0 Å². The van der Waals surface area contributed by atoms with E-state index >= 15 is 0 Å². The number of aromatic nitrogens is 5. The number of hydrogen-bond acceptors (Lipinski definition) is 9. The Balaban J connectivity index is 1.89. The molecule has 1 amide bonds. The molecule has 0 saturated heterocycles. The van der Waals surface area contributed by atoms with E-state index in [1.165, 1.54) is 10.9 Å². The maximum atomic E-state index is 12.9. The minimum absolute atomic E-state index is 0.0132. The second kappa shape index (κ2) is 9.26. The van der Waals surface area contributed by atoms with Crippen LogP contribution in [0, 0.1) is 0 Å². The van der Waals surface area contributed by atoms with E-state index in [0.29, 0.717) is 17.3 Å². The molecule has 0 aliphatic heterocycles. The van der Waals surface area contributed by atoms with Crippen molar-refractivity contribution < 1.29 is 9.42 Å². The summed E-state index contributed by atoms with van der Waals surface area (Å²) >= 11 is 5.95. The number of nitrogens with one attached hydrogen (secondary N) is 1. The summed E-state index contributed by atoms with van der Waals surface area (Å²) in [6.45, 7) is 6.01. The van der Waals surface area contributed by atoms with Crippen LogP contribution in [0.2, 0.25) is 5.02 Å². The van der Waals surface area contributed by atoms with E-state index in [2.05, 4.69) is 40.7 Å². The Kier molecular flexibility index (Phi) is 6.52. The lowest BCUT2D eigenvalue weighted by Crippen LogP contribution is -2.27. The van der Waals surface area contributed by atoms with Crippen LogP contribution in [0.5, 0.6) is 0 Å². The molecule has 2 aromatic heterocycles. The molecule has 0 radical (unpaired) electrons. The molecule has 0 saturated carbocycles. The van der Waals surface area contributed by atoms with Crippen LogP contribution in [0.4, 0.5) is 5.82 Å². The summed E-state index contributed by atoms with van der Waals surface area (Å²) in [4.78, 5) is 15.0. The van der Waals surface area contributed by atoms with E-state index in [1.807, 2.05) is 13.8 Å². The Bertz CT molecular complexity index is 1010. The van der Waals surface area contributed by atoms with E-state index in [1.54, 1.807) is 24.3 Å². The second-order valence-electron chi connectivity index (χ2n) is 5.99. The molecule has 12 heteroatoms. The van der Waals surface area contributed by atoms with E-state index in [0.717, 1.165) is 18.7 Å². The molecule has 152 valence electrons. The van der Waals surface area contributed by atoms with Crippen molar-refractivity contribution in [2.24, 2.45) is 5.10 Å². The van der Waals surface area contributed by atoms with Crippen LogP contribution in [0.1, 0.15) is 35.6 Å². The molecule has 0 spiro atoms. The van der Waals surface area contributed by atoms with Crippen LogP contribution in [-0.4, -0.2) is 55.4 Å². The van der Waals surface area contributed by atoms with Gasteiger partial charge in [0.05, 0.1) is 6.21 Å². The summed E-state index contributed by atoms with van der Waals surface area (Å²) < 4.78 is 5.81. The van der Waals surface area contributed by atoms with Crippen LogP contribution in [0.25, 0.3) is 5.82 Å². The lowest BCUT2D eigenvalue weighted by molar-refractivity contribution is 0.0945. The molecule has 2 heterocycles. The fourth-order valence-corrected chi connectivity index (χ4v) is 2.80. The van der Waals surface area contributed by atoms with Crippen LogP contribution < -0.4 is 11.2 Å². The highest BCUT2D eigenvalue weighted by molar-refractivity contribution is 6.30. The molecule has 29 heavy (non-hydrogen) atoms. The fraction of sp³-hybridized carbons (Fsp3) is 0.294. The van der Waals surface area contributed by atoms with Gasteiger partial charge in [-0.05, 0) is 41.1 Å². The SMILES string of the molecule is CCN(CC)Cc1nnn(-c2nonc2N)c1C(=O)NN=Cc1cccc(Cl)c1. The van der Waals surface area contributed by atoms with Gasteiger partial charge in [0.15, 0.2) is 5.69 Å². The first-order chi connectivity index (χ1) is 14.0. The van der Waals surface area contributed by atoms with Crippen molar-refractivity contribution in [3.8, 4) is 5.82 Å². The molecule has 0 atom stereocenters. The second-order valence-corrected chi connectivity index (χ2v) is 6.42. The average Bonchev–Trinajstić information content (AvgIpc) is 3.31. The third-order valence-corrected chi connectivity index (χ3v) is 4.38. The highest BCUT2D eigenvalue weighted by Crippen LogP contribution is 2.17. The molecule has 0 unspecified atom stereocenters. The lowest BCUT2D eigenvalue weighted by atomic mass is 10.2. The number of nitrogen functional groups attached to an aromatic ring is 1. The topological polar surface area (TPSA) is 140 Å². The Morgan fingerprint density at radius 2 is 2.17 bits per heavy atom. The van der Waals surface area contributed by atoms with Crippen molar-refractivity contribution in [3.63, 3.8) is 0 Å². The van der Waals surface area contributed by atoms with Crippen molar-refractivity contribution in [2.75, 3.05) is 18.8 Å². The Morgan fingerprint density at radius 3 is 2.83 bits per heavy atom. The van der Waals surface area contributed by atoms with Crippen LogP contribution >= 0.6 is 11.6 Å². The highest BCUT2D eigenvalue weighted by Gasteiger charge is 2.25. The summed E-state index contributed by atoms with van der Waals surface area (Å²) in [5.74, 6) is -0.467. The molecular formula is C17H20ClN9O2. The quantitative estimate of drug-likeness (QED) is 0.415. The largest absolute Gasteiger partial charge is 0.378 e. The zero-order valence-corrected chi connectivity index (χ0v) is 16.7. The van der Waals surface area contributed by atoms with Gasteiger partial charge in [-0.1, -0.05) is 42.8 Å². The van der Waals surface area contributed by atoms with E-state index < -0.39 is 5.91 Å². The van der Waals surface area contributed by atoms with Crippen LogP contribution in [0.15, 0.2) is 34.0 Å². The Morgan fingerprint density at radius 1 is 1.38 bits per heavy atom. The first-order valence-electron chi connectivity index (χ1n) is 8.87. The van der Waals surface area contributed by atoms with Gasteiger partial charge in [0.2, 0.25) is 11.6 Å². The molecule has 0 bridgehead atoms. The molecule has 0 fully saturated rings. The number of nitrogens with zero attached hydrogens (tertiary/aromatic N) is 7. The molecule has 3 aromatic rings. The van der Waals surface area contributed by atoms with Crippen molar-refractivity contribution in [3.05, 3.63) is 46.2 Å². The number of hydrogen-bond donors (Lipinski definition) is 2. The Labute approximate surface area is 171 Å². The summed E-state index contributed by atoms with van der Waals surface area (Å²) in [6.07, 6.45) is 1.48. The molecular weight excluding hydrogens is 398 g/mol. The molecule has 3 N–H and O–H groups in total. The number of hydrazone groups is 1. The van der Waals surface area contributed by atoms with Crippen molar-refractivity contribution in [1.82, 2.24) is 35.6 Å². The van der Waals surface area contributed by atoms with Gasteiger partial charge in [0, 0.05) is 11.6 Å². The third kappa shape index (κ3) is 4.76. The minimum Gasteiger partial charge on any atom is -0.378 e. The van der Waals surface area contributed by atoms with Gasteiger partial charge in [-0.2, -0.15) is 9.78 Å². The zero-order chi connectivity index (χ0) is 20.8. The molecule has 1 aromatic carbocycles. The Hall–Kier alpha value is -3.31. The third-order valence-electron chi connectivity index (χ3n) is 4.15. The van der Waals surface area contributed by atoms with Crippen molar-refractivity contribution >= 4 is 29.5 Å². The van der Waals surface area contributed by atoms with Crippen LogP contribution in [-0.2, 0) is 6.54 Å². The molecule has 0 aliphatic rings. The predicted molar refractivity (Wildman–Crippen MR) is 107 cm³/mol. The fourth-order valence-electron chi connectivity index (χ4n) is 2.60. The minimum atomic E-state index is -0.530. The number of halogens is 1. The number of benzene rings is 1. The normalized spacial score (nSPS) is 11.4. The van der Waals surface area contributed by atoms with Crippen molar-refractivity contribution in [1.29, 1.82) is 0 Å². The predicted octanol–water partition coefficient (Wildman–Crippen LogP) is 1.49. The first-order valence-corrected chi connectivity index (χ1v) is 9.25. The zero-order valence-electron chi connectivity index (χ0n) is 15.9. The van der Waals surface area contributed by atoms with Gasteiger partial charge in [0.25, 0.3) is 5.91 Å². The number of carbonyl (C=O) groups excluding carboxylic acids is 1.